The zero-order chi connectivity index (χ0) is 14.0. The SMILES string of the molecule is COc1ccc(Br)cc1Cn1cc(C(=O)O)c(C)n1. The highest BCUT2D eigenvalue weighted by Crippen LogP contribution is 2.24. The first kappa shape index (κ1) is 13.6. The lowest BCUT2D eigenvalue weighted by atomic mass is 10.2. The van der Waals surface area contributed by atoms with Crippen molar-refractivity contribution in [1.29, 1.82) is 0 Å². The summed E-state index contributed by atoms with van der Waals surface area (Å²) in [5.74, 6) is -0.224. The van der Waals surface area contributed by atoms with E-state index in [9.17, 15) is 4.79 Å². The largest absolute Gasteiger partial charge is 0.496 e. The predicted octanol–water partition coefficient (Wildman–Crippen LogP) is 2.71. The first-order valence-electron chi connectivity index (χ1n) is 5.61. The topological polar surface area (TPSA) is 64.3 Å². The summed E-state index contributed by atoms with van der Waals surface area (Å²) in [6, 6.07) is 5.67. The molecule has 0 amide bonds. The third kappa shape index (κ3) is 2.96. The van der Waals surface area contributed by atoms with Crippen molar-refractivity contribution < 1.29 is 14.6 Å². The monoisotopic (exact) mass is 324 g/mol. The minimum atomic E-state index is -0.968. The lowest BCUT2D eigenvalue weighted by Crippen LogP contribution is -2.02. The van der Waals surface area contributed by atoms with Crippen LogP contribution in [0.15, 0.2) is 28.9 Å². The molecule has 19 heavy (non-hydrogen) atoms. The van der Waals surface area contributed by atoms with Gasteiger partial charge in [0.15, 0.2) is 0 Å². The summed E-state index contributed by atoms with van der Waals surface area (Å²) >= 11 is 3.40. The van der Waals surface area contributed by atoms with Crippen molar-refractivity contribution in [3.63, 3.8) is 0 Å². The number of carbonyl (C=O) groups is 1. The van der Waals surface area contributed by atoms with Gasteiger partial charge in [-0.15, -0.1) is 0 Å². The number of aromatic carboxylic acids is 1. The lowest BCUT2D eigenvalue weighted by molar-refractivity contribution is 0.0696. The molecule has 100 valence electrons. The fourth-order valence-corrected chi connectivity index (χ4v) is 2.26. The molecular weight excluding hydrogens is 312 g/mol. The molecule has 2 rings (SSSR count). The van der Waals surface area contributed by atoms with E-state index in [0.29, 0.717) is 12.2 Å². The molecule has 1 aromatic heterocycles. The van der Waals surface area contributed by atoms with Gasteiger partial charge in [-0.3, -0.25) is 4.68 Å². The van der Waals surface area contributed by atoms with Gasteiger partial charge in [0, 0.05) is 16.2 Å². The van der Waals surface area contributed by atoms with E-state index in [1.165, 1.54) is 6.20 Å². The van der Waals surface area contributed by atoms with E-state index in [-0.39, 0.29) is 5.56 Å². The number of rotatable bonds is 4. The Morgan fingerprint density at radius 2 is 2.26 bits per heavy atom. The average molecular weight is 325 g/mol. The second-order valence-electron chi connectivity index (χ2n) is 4.09. The molecule has 0 unspecified atom stereocenters. The summed E-state index contributed by atoms with van der Waals surface area (Å²) in [6.07, 6.45) is 1.53. The number of halogens is 1. The maximum Gasteiger partial charge on any atom is 0.339 e. The van der Waals surface area contributed by atoms with E-state index in [4.69, 9.17) is 9.84 Å². The summed E-state index contributed by atoms with van der Waals surface area (Å²) in [4.78, 5) is 11.0. The van der Waals surface area contributed by atoms with Gasteiger partial charge in [-0.2, -0.15) is 5.10 Å². The van der Waals surface area contributed by atoms with Crippen LogP contribution < -0.4 is 4.74 Å². The molecule has 1 N–H and O–H groups in total. The van der Waals surface area contributed by atoms with Gasteiger partial charge < -0.3 is 9.84 Å². The van der Waals surface area contributed by atoms with Gasteiger partial charge in [0.2, 0.25) is 0 Å². The highest BCUT2D eigenvalue weighted by atomic mass is 79.9. The first-order chi connectivity index (χ1) is 9.01. The van der Waals surface area contributed by atoms with Gasteiger partial charge in [-0.1, -0.05) is 15.9 Å². The Morgan fingerprint density at radius 3 is 2.84 bits per heavy atom. The lowest BCUT2D eigenvalue weighted by Gasteiger charge is -2.09. The maximum absolute atomic E-state index is 11.0. The van der Waals surface area contributed by atoms with Crippen LogP contribution in [0.4, 0.5) is 0 Å². The summed E-state index contributed by atoms with van der Waals surface area (Å²) in [6.45, 7) is 2.13. The fraction of sp³-hybridized carbons (Fsp3) is 0.231. The van der Waals surface area contributed by atoms with Crippen LogP contribution in [0.3, 0.4) is 0 Å². The normalized spacial score (nSPS) is 10.5. The number of aromatic nitrogens is 2. The van der Waals surface area contributed by atoms with Crippen molar-refractivity contribution in [2.24, 2.45) is 0 Å². The third-order valence-electron chi connectivity index (χ3n) is 2.75. The molecule has 0 spiro atoms. The number of benzene rings is 1. The smallest absolute Gasteiger partial charge is 0.339 e. The van der Waals surface area contributed by atoms with Gasteiger partial charge in [-0.25, -0.2) is 4.79 Å². The van der Waals surface area contributed by atoms with E-state index in [2.05, 4.69) is 21.0 Å². The molecule has 6 heteroatoms. The molecular formula is C13H13BrN2O3. The number of carboxylic acid groups (broad SMARTS) is 1. The molecule has 1 heterocycles. The molecule has 1 aromatic carbocycles. The minimum absolute atomic E-state index is 0.217. The summed E-state index contributed by atoms with van der Waals surface area (Å²) in [5, 5.41) is 13.2. The Kier molecular flexibility index (Phi) is 3.90. The molecule has 0 atom stereocenters. The zero-order valence-corrected chi connectivity index (χ0v) is 12.1. The number of hydrogen-bond donors (Lipinski definition) is 1. The van der Waals surface area contributed by atoms with Crippen LogP contribution in [0.5, 0.6) is 5.75 Å². The molecule has 5 nitrogen and oxygen atoms in total. The molecule has 0 bridgehead atoms. The van der Waals surface area contributed by atoms with Gasteiger partial charge >= 0.3 is 5.97 Å². The summed E-state index contributed by atoms with van der Waals surface area (Å²) < 4.78 is 7.81. The first-order valence-corrected chi connectivity index (χ1v) is 6.40. The highest BCUT2D eigenvalue weighted by molar-refractivity contribution is 9.10. The molecule has 0 aliphatic heterocycles. The second-order valence-corrected chi connectivity index (χ2v) is 5.00. The number of nitrogens with zero attached hydrogens (tertiary/aromatic N) is 2. The average Bonchev–Trinajstić information content (AvgIpc) is 2.71. The van der Waals surface area contributed by atoms with Gasteiger partial charge in [0.05, 0.1) is 19.3 Å². The van der Waals surface area contributed by atoms with Crippen LogP contribution >= 0.6 is 15.9 Å². The molecule has 2 aromatic rings. The molecule has 0 aliphatic rings. The van der Waals surface area contributed by atoms with Crippen LogP contribution in [0.25, 0.3) is 0 Å². The summed E-state index contributed by atoms with van der Waals surface area (Å²) in [5.41, 5.74) is 1.65. The van der Waals surface area contributed by atoms with E-state index in [1.54, 1.807) is 18.7 Å². The zero-order valence-electron chi connectivity index (χ0n) is 10.6. The van der Waals surface area contributed by atoms with E-state index in [1.807, 2.05) is 18.2 Å². The van der Waals surface area contributed by atoms with Crippen LogP contribution in [0, 0.1) is 6.92 Å². The van der Waals surface area contributed by atoms with Gasteiger partial charge in [0.25, 0.3) is 0 Å². The summed E-state index contributed by atoms with van der Waals surface area (Å²) in [7, 11) is 1.60. The third-order valence-corrected chi connectivity index (χ3v) is 3.24. The molecule has 0 radical (unpaired) electrons. The van der Waals surface area contributed by atoms with Crippen LogP contribution in [-0.4, -0.2) is 28.0 Å². The number of ether oxygens (including phenoxy) is 1. The van der Waals surface area contributed by atoms with Crippen LogP contribution in [-0.2, 0) is 6.54 Å². The molecule has 0 saturated heterocycles. The van der Waals surface area contributed by atoms with Crippen molar-refractivity contribution in [2.45, 2.75) is 13.5 Å². The van der Waals surface area contributed by atoms with Crippen molar-refractivity contribution in [3.8, 4) is 5.75 Å². The Morgan fingerprint density at radius 1 is 1.53 bits per heavy atom. The van der Waals surface area contributed by atoms with Crippen LogP contribution in [0.2, 0.25) is 0 Å². The molecule has 0 aliphatic carbocycles. The molecule has 0 fully saturated rings. The Bertz CT molecular complexity index is 622. The van der Waals surface area contributed by atoms with E-state index < -0.39 is 5.97 Å². The molecule has 0 saturated carbocycles. The quantitative estimate of drug-likeness (QED) is 0.939. The van der Waals surface area contributed by atoms with E-state index in [0.717, 1.165) is 15.8 Å². The second kappa shape index (κ2) is 5.44. The number of methoxy groups -OCH3 is 1. The van der Waals surface area contributed by atoms with Crippen molar-refractivity contribution in [3.05, 3.63) is 45.7 Å². The minimum Gasteiger partial charge on any atom is -0.496 e. The fourth-order valence-electron chi connectivity index (χ4n) is 1.85. The number of carboxylic acids is 1. The van der Waals surface area contributed by atoms with E-state index >= 15 is 0 Å². The van der Waals surface area contributed by atoms with Gasteiger partial charge in [0.1, 0.15) is 11.3 Å². The Hall–Kier alpha value is -1.82. The predicted molar refractivity (Wildman–Crippen MR) is 73.7 cm³/mol. The maximum atomic E-state index is 11.0. The highest BCUT2D eigenvalue weighted by Gasteiger charge is 2.13. The number of hydrogen-bond acceptors (Lipinski definition) is 3. The van der Waals surface area contributed by atoms with Gasteiger partial charge in [-0.05, 0) is 25.1 Å². The Labute approximate surface area is 118 Å². The van der Waals surface area contributed by atoms with Crippen molar-refractivity contribution in [2.75, 3.05) is 7.11 Å². The van der Waals surface area contributed by atoms with Crippen LogP contribution in [0.1, 0.15) is 21.6 Å². The number of aryl methyl sites for hydroxylation is 1. The standard InChI is InChI=1S/C13H13BrN2O3/c1-8-11(13(17)18)7-16(15-8)6-9-5-10(14)3-4-12(9)19-2/h3-5,7H,6H2,1-2H3,(H,17,18). The van der Waals surface area contributed by atoms with Crippen molar-refractivity contribution >= 4 is 21.9 Å². The Balaban J connectivity index is 2.33. The van der Waals surface area contributed by atoms with Crippen molar-refractivity contribution in [1.82, 2.24) is 9.78 Å².